The van der Waals surface area contributed by atoms with Crippen LogP contribution in [0.5, 0.6) is 0 Å². The molecule has 0 aromatic carbocycles. The molecule has 1 aliphatic rings. The van der Waals surface area contributed by atoms with Gasteiger partial charge in [-0.15, -0.1) is 0 Å². The Balaban J connectivity index is 2.50. The zero-order valence-electron chi connectivity index (χ0n) is 6.02. The smallest absolute Gasteiger partial charge is 0.248 e. The van der Waals surface area contributed by atoms with Crippen LogP contribution in [-0.4, -0.2) is 19.8 Å². The SMILES string of the molecule is CCNC1=C(N)OCCO1. The van der Waals surface area contributed by atoms with Crippen molar-refractivity contribution in [2.45, 2.75) is 6.92 Å². The molecule has 4 heteroatoms. The molecule has 1 heterocycles. The lowest BCUT2D eigenvalue weighted by Gasteiger charge is -2.19. The average Bonchev–Trinajstić information content (AvgIpc) is 1.94. The third-order valence-corrected chi connectivity index (χ3v) is 1.15. The van der Waals surface area contributed by atoms with Gasteiger partial charge in [-0.1, -0.05) is 0 Å². The number of hydrogen-bond donors (Lipinski definition) is 2. The minimum absolute atomic E-state index is 0.355. The van der Waals surface area contributed by atoms with Crippen LogP contribution in [0.15, 0.2) is 11.8 Å². The maximum atomic E-state index is 5.43. The van der Waals surface area contributed by atoms with Crippen molar-refractivity contribution in [3.8, 4) is 0 Å². The van der Waals surface area contributed by atoms with Gasteiger partial charge < -0.3 is 20.5 Å². The highest BCUT2D eigenvalue weighted by Crippen LogP contribution is 2.04. The van der Waals surface area contributed by atoms with Crippen molar-refractivity contribution < 1.29 is 9.47 Å². The van der Waals surface area contributed by atoms with Crippen LogP contribution < -0.4 is 11.1 Å². The monoisotopic (exact) mass is 144 g/mol. The molecule has 0 saturated heterocycles. The highest BCUT2D eigenvalue weighted by Gasteiger charge is 2.10. The second-order valence-electron chi connectivity index (χ2n) is 1.92. The second kappa shape index (κ2) is 3.20. The predicted octanol–water partition coefficient (Wildman–Crippen LogP) is -0.272. The minimum Gasteiger partial charge on any atom is -0.472 e. The molecule has 0 saturated carbocycles. The normalized spacial score (nSPS) is 17.7. The average molecular weight is 144 g/mol. The van der Waals surface area contributed by atoms with Gasteiger partial charge in [0.2, 0.25) is 11.8 Å². The first kappa shape index (κ1) is 7.05. The van der Waals surface area contributed by atoms with E-state index in [2.05, 4.69) is 5.32 Å². The fraction of sp³-hybridized carbons (Fsp3) is 0.667. The summed E-state index contributed by atoms with van der Waals surface area (Å²) in [5, 5.41) is 2.94. The fourth-order valence-electron chi connectivity index (χ4n) is 0.731. The summed E-state index contributed by atoms with van der Waals surface area (Å²) < 4.78 is 10.2. The lowest BCUT2D eigenvalue weighted by Crippen LogP contribution is -2.27. The van der Waals surface area contributed by atoms with Crippen LogP contribution in [0.2, 0.25) is 0 Å². The van der Waals surface area contributed by atoms with E-state index in [0.29, 0.717) is 25.0 Å². The van der Waals surface area contributed by atoms with Gasteiger partial charge in [0.1, 0.15) is 13.2 Å². The standard InChI is InChI=1S/C6H12N2O2/c1-2-8-6-5(7)9-3-4-10-6/h8H,2-4,7H2,1H3. The Morgan fingerprint density at radius 1 is 1.50 bits per heavy atom. The largest absolute Gasteiger partial charge is 0.472 e. The molecule has 0 amide bonds. The van der Waals surface area contributed by atoms with Gasteiger partial charge in [0, 0.05) is 6.54 Å². The van der Waals surface area contributed by atoms with Gasteiger partial charge in [0.25, 0.3) is 0 Å². The first-order valence-corrected chi connectivity index (χ1v) is 3.33. The van der Waals surface area contributed by atoms with Gasteiger partial charge in [0.05, 0.1) is 0 Å². The predicted molar refractivity (Wildman–Crippen MR) is 36.8 cm³/mol. The zero-order chi connectivity index (χ0) is 7.40. The van der Waals surface area contributed by atoms with Gasteiger partial charge in [0.15, 0.2) is 0 Å². The first-order chi connectivity index (χ1) is 4.84. The van der Waals surface area contributed by atoms with Gasteiger partial charge >= 0.3 is 0 Å². The van der Waals surface area contributed by atoms with Crippen molar-refractivity contribution in [2.24, 2.45) is 5.73 Å². The molecule has 0 aliphatic carbocycles. The number of hydrogen-bond acceptors (Lipinski definition) is 4. The van der Waals surface area contributed by atoms with Crippen molar-refractivity contribution in [2.75, 3.05) is 19.8 Å². The molecule has 0 spiro atoms. The fourth-order valence-corrected chi connectivity index (χ4v) is 0.731. The Kier molecular flexibility index (Phi) is 2.25. The van der Waals surface area contributed by atoms with Crippen LogP contribution in [0, 0.1) is 0 Å². The van der Waals surface area contributed by atoms with E-state index in [9.17, 15) is 0 Å². The lowest BCUT2D eigenvalue weighted by atomic mass is 10.6. The van der Waals surface area contributed by atoms with Crippen molar-refractivity contribution in [1.29, 1.82) is 0 Å². The molecule has 0 fully saturated rings. The van der Waals surface area contributed by atoms with Crippen LogP contribution in [0.4, 0.5) is 0 Å². The summed E-state index contributed by atoms with van der Waals surface area (Å²) in [5.74, 6) is 0.918. The highest BCUT2D eigenvalue weighted by molar-refractivity contribution is 4.96. The van der Waals surface area contributed by atoms with Crippen LogP contribution >= 0.6 is 0 Å². The molecule has 0 atom stereocenters. The van der Waals surface area contributed by atoms with Gasteiger partial charge in [-0.05, 0) is 6.92 Å². The lowest BCUT2D eigenvalue weighted by molar-refractivity contribution is 0.0506. The zero-order valence-corrected chi connectivity index (χ0v) is 6.02. The summed E-state index contributed by atoms with van der Waals surface area (Å²) in [6, 6.07) is 0. The number of nitrogens with two attached hydrogens (primary N) is 1. The maximum absolute atomic E-state index is 5.43. The Bertz CT molecular complexity index is 145. The van der Waals surface area contributed by atoms with E-state index in [4.69, 9.17) is 15.2 Å². The summed E-state index contributed by atoms with van der Waals surface area (Å²) in [7, 11) is 0. The molecule has 10 heavy (non-hydrogen) atoms. The summed E-state index contributed by atoms with van der Waals surface area (Å²) in [6.45, 7) is 3.88. The molecule has 1 rings (SSSR count). The molecule has 3 N–H and O–H groups in total. The third-order valence-electron chi connectivity index (χ3n) is 1.15. The number of ether oxygens (including phenoxy) is 2. The molecule has 0 radical (unpaired) electrons. The van der Waals surface area contributed by atoms with Crippen molar-refractivity contribution in [3.63, 3.8) is 0 Å². The van der Waals surface area contributed by atoms with Crippen LogP contribution in [0.1, 0.15) is 6.92 Å². The van der Waals surface area contributed by atoms with Crippen molar-refractivity contribution in [3.05, 3.63) is 11.8 Å². The summed E-state index contributed by atoms with van der Waals surface area (Å²) in [5.41, 5.74) is 5.43. The van der Waals surface area contributed by atoms with E-state index in [-0.39, 0.29) is 0 Å². The Morgan fingerprint density at radius 3 is 2.80 bits per heavy atom. The van der Waals surface area contributed by atoms with Crippen molar-refractivity contribution in [1.82, 2.24) is 5.32 Å². The van der Waals surface area contributed by atoms with Gasteiger partial charge in [-0.2, -0.15) is 0 Å². The van der Waals surface area contributed by atoms with Crippen LogP contribution in [0.25, 0.3) is 0 Å². The molecule has 1 aliphatic heterocycles. The minimum atomic E-state index is 0.355. The van der Waals surface area contributed by atoms with E-state index < -0.39 is 0 Å². The molecule has 4 nitrogen and oxygen atoms in total. The summed E-state index contributed by atoms with van der Waals surface area (Å²) >= 11 is 0. The Labute approximate surface area is 60.0 Å². The molecular weight excluding hydrogens is 132 g/mol. The maximum Gasteiger partial charge on any atom is 0.248 e. The van der Waals surface area contributed by atoms with E-state index in [1.165, 1.54) is 0 Å². The molecule has 0 aromatic rings. The first-order valence-electron chi connectivity index (χ1n) is 3.33. The molecule has 0 bridgehead atoms. The third kappa shape index (κ3) is 1.46. The van der Waals surface area contributed by atoms with Crippen molar-refractivity contribution >= 4 is 0 Å². The molecule has 58 valence electrons. The quantitative estimate of drug-likeness (QED) is 0.560. The number of nitrogens with one attached hydrogen (secondary N) is 1. The van der Waals surface area contributed by atoms with Crippen LogP contribution in [0.3, 0.4) is 0 Å². The van der Waals surface area contributed by atoms with Gasteiger partial charge in [-0.25, -0.2) is 0 Å². The highest BCUT2D eigenvalue weighted by atomic mass is 16.6. The number of rotatable bonds is 2. The summed E-state index contributed by atoms with van der Waals surface area (Å²) in [4.78, 5) is 0. The summed E-state index contributed by atoms with van der Waals surface area (Å²) in [6.07, 6.45) is 0. The van der Waals surface area contributed by atoms with E-state index >= 15 is 0 Å². The molecule has 0 unspecified atom stereocenters. The molecule has 0 aromatic heterocycles. The Hall–Kier alpha value is -1.06. The van der Waals surface area contributed by atoms with Crippen LogP contribution in [-0.2, 0) is 9.47 Å². The topological polar surface area (TPSA) is 56.5 Å². The Morgan fingerprint density at radius 2 is 2.20 bits per heavy atom. The van der Waals surface area contributed by atoms with E-state index in [1.54, 1.807) is 0 Å². The second-order valence-corrected chi connectivity index (χ2v) is 1.92. The van der Waals surface area contributed by atoms with E-state index in [0.717, 1.165) is 6.54 Å². The van der Waals surface area contributed by atoms with Gasteiger partial charge in [-0.3, -0.25) is 0 Å². The van der Waals surface area contributed by atoms with E-state index in [1.807, 2.05) is 6.92 Å². The molecular formula is C6H12N2O2.